The largest absolute Gasteiger partial charge is 0.402 e. The number of carbonyl (C=O) groups excluding carboxylic acids is 2. The van der Waals surface area contributed by atoms with Crippen molar-refractivity contribution in [3.8, 4) is 6.07 Å². The second-order valence-corrected chi connectivity index (χ2v) is 8.89. The van der Waals surface area contributed by atoms with E-state index in [-0.39, 0.29) is 31.7 Å². The lowest BCUT2D eigenvalue weighted by atomic mass is 9.94. The Morgan fingerprint density at radius 2 is 2.00 bits per heavy atom. The van der Waals surface area contributed by atoms with E-state index in [9.17, 15) is 22.8 Å². The Hall–Kier alpha value is -2.95. The Kier molecular flexibility index (Phi) is 7.73. The zero-order valence-electron chi connectivity index (χ0n) is 19.1. The highest BCUT2D eigenvalue weighted by Crippen LogP contribution is 2.35. The zero-order valence-corrected chi connectivity index (χ0v) is 19.1. The van der Waals surface area contributed by atoms with Gasteiger partial charge in [0.2, 0.25) is 11.8 Å². The van der Waals surface area contributed by atoms with E-state index in [0.29, 0.717) is 51.1 Å². The summed E-state index contributed by atoms with van der Waals surface area (Å²) in [6.45, 7) is 2.59. The summed E-state index contributed by atoms with van der Waals surface area (Å²) in [6, 6.07) is 4.21. The number of piperazine rings is 1. The van der Waals surface area contributed by atoms with Crippen molar-refractivity contribution in [1.29, 1.82) is 5.26 Å². The van der Waals surface area contributed by atoms with E-state index < -0.39 is 24.0 Å². The number of likely N-dealkylation sites (tertiary alicyclic amines) is 1. The smallest absolute Gasteiger partial charge is 0.370 e. The monoisotopic (exact) mass is 495 g/mol. The molecule has 10 nitrogen and oxygen atoms in total. The van der Waals surface area contributed by atoms with E-state index in [2.05, 4.69) is 15.8 Å². The standard InChI is InChI=1S/C22H28F3N7O3/c23-22(24,25)20-17(12-28-29-21(20)34)32-5-1-2-16(32)13-35-14-19(33)31-8-6-30(7-9-31)18-4-3-15(10-26)11-27-18/h3-4,11,16-17,20,28H,1-2,5-9,12-14H2,(H,29,34)/t16-,17?,20?/m0/s1. The van der Waals surface area contributed by atoms with Gasteiger partial charge in [0.1, 0.15) is 18.5 Å². The van der Waals surface area contributed by atoms with Crippen LogP contribution in [0.1, 0.15) is 18.4 Å². The van der Waals surface area contributed by atoms with Gasteiger partial charge in [-0.2, -0.15) is 18.4 Å². The minimum atomic E-state index is -4.64. The number of anilines is 1. The number of hydrogen-bond donors (Lipinski definition) is 2. The van der Waals surface area contributed by atoms with Gasteiger partial charge in [0.25, 0.3) is 0 Å². The van der Waals surface area contributed by atoms with Gasteiger partial charge < -0.3 is 14.5 Å². The number of amides is 2. The molecule has 3 saturated heterocycles. The number of alkyl halides is 3. The fraction of sp³-hybridized carbons (Fsp3) is 0.636. The van der Waals surface area contributed by atoms with E-state index in [0.717, 1.165) is 5.82 Å². The lowest BCUT2D eigenvalue weighted by Gasteiger charge is -2.40. The molecule has 0 bridgehead atoms. The second-order valence-electron chi connectivity index (χ2n) is 8.89. The highest BCUT2D eigenvalue weighted by atomic mass is 19.4. The first-order valence-electron chi connectivity index (χ1n) is 11.6. The molecule has 3 fully saturated rings. The van der Waals surface area contributed by atoms with Crippen molar-refractivity contribution in [2.75, 3.05) is 57.4 Å². The lowest BCUT2D eigenvalue weighted by Crippen LogP contribution is -2.65. The van der Waals surface area contributed by atoms with E-state index in [4.69, 9.17) is 10.00 Å². The minimum absolute atomic E-state index is 0.0102. The van der Waals surface area contributed by atoms with Gasteiger partial charge in [-0.3, -0.25) is 19.9 Å². The van der Waals surface area contributed by atoms with Gasteiger partial charge in [-0.1, -0.05) is 0 Å². The molecule has 1 aromatic heterocycles. The molecule has 0 aromatic carbocycles. The summed E-state index contributed by atoms with van der Waals surface area (Å²) >= 11 is 0. The predicted octanol–water partition coefficient (Wildman–Crippen LogP) is 0.264. The van der Waals surface area contributed by atoms with E-state index in [1.807, 2.05) is 11.0 Å². The number of ether oxygens (including phenoxy) is 1. The SMILES string of the molecule is N#Cc1ccc(N2CCN(C(=O)COC[C@@H]3CCCN3C3CNNC(=O)C3C(F)(F)F)CC2)nc1. The third-order valence-corrected chi connectivity index (χ3v) is 6.76. The van der Waals surface area contributed by atoms with Crippen LogP contribution < -0.4 is 15.8 Å². The fourth-order valence-corrected chi connectivity index (χ4v) is 4.96. The van der Waals surface area contributed by atoms with Gasteiger partial charge in [0, 0.05) is 51.0 Å². The van der Waals surface area contributed by atoms with Crippen molar-refractivity contribution in [3.05, 3.63) is 23.9 Å². The molecule has 35 heavy (non-hydrogen) atoms. The summed E-state index contributed by atoms with van der Waals surface area (Å²) in [7, 11) is 0. The van der Waals surface area contributed by atoms with Crippen molar-refractivity contribution in [2.24, 2.45) is 5.92 Å². The highest BCUT2D eigenvalue weighted by molar-refractivity contribution is 5.80. The number of aromatic nitrogens is 1. The maximum atomic E-state index is 13.5. The highest BCUT2D eigenvalue weighted by Gasteiger charge is 2.54. The third kappa shape index (κ3) is 5.83. The Morgan fingerprint density at radius 3 is 2.66 bits per heavy atom. The van der Waals surface area contributed by atoms with Gasteiger partial charge in [-0.25, -0.2) is 10.4 Å². The number of nitrogens with zero attached hydrogens (tertiary/aromatic N) is 5. The molecule has 13 heteroatoms. The van der Waals surface area contributed by atoms with Gasteiger partial charge in [-0.15, -0.1) is 0 Å². The number of nitrogens with one attached hydrogen (secondary N) is 2. The fourth-order valence-electron chi connectivity index (χ4n) is 4.96. The lowest BCUT2D eigenvalue weighted by molar-refractivity contribution is -0.201. The first-order valence-corrected chi connectivity index (χ1v) is 11.6. The van der Waals surface area contributed by atoms with E-state index in [1.165, 1.54) is 6.20 Å². The summed E-state index contributed by atoms with van der Waals surface area (Å²) in [6.07, 6.45) is -1.78. The predicted molar refractivity (Wildman–Crippen MR) is 118 cm³/mol. The van der Waals surface area contributed by atoms with Gasteiger partial charge in [-0.05, 0) is 31.5 Å². The molecule has 0 spiro atoms. The molecule has 190 valence electrons. The Labute approximate surface area is 201 Å². The van der Waals surface area contributed by atoms with Crippen molar-refractivity contribution < 1.29 is 27.5 Å². The van der Waals surface area contributed by atoms with E-state index >= 15 is 0 Å². The summed E-state index contributed by atoms with van der Waals surface area (Å²) in [5, 5.41) is 8.88. The number of rotatable bonds is 6. The molecular formula is C22H28F3N7O3. The van der Waals surface area contributed by atoms with Crippen LogP contribution in [-0.2, 0) is 14.3 Å². The molecule has 2 unspecified atom stereocenters. The third-order valence-electron chi connectivity index (χ3n) is 6.76. The average Bonchev–Trinajstić information content (AvgIpc) is 3.31. The quantitative estimate of drug-likeness (QED) is 0.578. The molecule has 1 aromatic rings. The Balaban J connectivity index is 1.24. The van der Waals surface area contributed by atoms with Crippen molar-refractivity contribution >= 4 is 17.6 Å². The number of nitriles is 1. The van der Waals surface area contributed by atoms with Crippen molar-refractivity contribution in [3.63, 3.8) is 0 Å². The van der Waals surface area contributed by atoms with Crippen LogP contribution in [0.25, 0.3) is 0 Å². The molecule has 4 heterocycles. The summed E-state index contributed by atoms with van der Waals surface area (Å²) in [5.41, 5.74) is 5.12. The van der Waals surface area contributed by atoms with Crippen LogP contribution in [0.4, 0.5) is 19.0 Å². The van der Waals surface area contributed by atoms with Crippen LogP contribution >= 0.6 is 0 Å². The number of hydrazine groups is 1. The summed E-state index contributed by atoms with van der Waals surface area (Å²) in [5.74, 6) is -2.61. The second kappa shape index (κ2) is 10.8. The molecule has 0 aliphatic carbocycles. The topological polar surface area (TPSA) is 114 Å². The Morgan fingerprint density at radius 1 is 1.23 bits per heavy atom. The molecule has 2 N–H and O–H groups in total. The summed E-state index contributed by atoms with van der Waals surface area (Å²) < 4.78 is 46.3. The number of halogens is 3. The van der Waals surface area contributed by atoms with Crippen LogP contribution in [-0.4, -0.2) is 97.3 Å². The zero-order chi connectivity index (χ0) is 25.0. The molecule has 2 amide bonds. The first-order chi connectivity index (χ1) is 16.8. The maximum absolute atomic E-state index is 13.5. The molecule has 3 aliphatic rings. The maximum Gasteiger partial charge on any atom is 0.402 e. The van der Waals surface area contributed by atoms with Crippen LogP contribution in [0.5, 0.6) is 0 Å². The van der Waals surface area contributed by atoms with Crippen LogP contribution in [0.2, 0.25) is 0 Å². The normalized spacial score (nSPS) is 25.9. The average molecular weight is 496 g/mol. The molecule has 0 saturated carbocycles. The molecule has 3 aliphatic heterocycles. The van der Waals surface area contributed by atoms with Crippen molar-refractivity contribution in [1.82, 2.24) is 25.6 Å². The molecule has 3 atom stereocenters. The van der Waals surface area contributed by atoms with Crippen LogP contribution in [0.3, 0.4) is 0 Å². The molecular weight excluding hydrogens is 467 g/mol. The molecule has 0 radical (unpaired) electrons. The minimum Gasteiger partial charge on any atom is -0.370 e. The van der Waals surface area contributed by atoms with Crippen molar-refractivity contribution in [2.45, 2.75) is 31.1 Å². The number of hydrogen-bond acceptors (Lipinski definition) is 8. The molecule has 4 rings (SSSR count). The van der Waals surface area contributed by atoms with E-state index in [1.54, 1.807) is 21.9 Å². The van der Waals surface area contributed by atoms with Crippen LogP contribution in [0.15, 0.2) is 18.3 Å². The van der Waals surface area contributed by atoms with Gasteiger partial charge in [0.15, 0.2) is 5.92 Å². The number of pyridine rings is 1. The Bertz CT molecular complexity index is 945. The summed E-state index contributed by atoms with van der Waals surface area (Å²) in [4.78, 5) is 34.2. The first kappa shape index (κ1) is 25.2. The van der Waals surface area contributed by atoms with Crippen LogP contribution in [0, 0.1) is 17.2 Å². The van der Waals surface area contributed by atoms with Gasteiger partial charge in [0.05, 0.1) is 12.2 Å². The number of carbonyl (C=O) groups is 2. The van der Waals surface area contributed by atoms with Gasteiger partial charge >= 0.3 is 6.18 Å².